The SMILES string of the molecule is Cc1c(/C=N/O)[nH]c(=S)[nH]c1=O. The van der Waals surface area contributed by atoms with Crippen LogP contribution in [0.3, 0.4) is 0 Å². The Morgan fingerprint density at radius 1 is 1.58 bits per heavy atom. The highest BCUT2D eigenvalue weighted by molar-refractivity contribution is 7.71. The predicted octanol–water partition coefficient (Wildman–Crippen LogP) is 0.549. The first-order chi connectivity index (χ1) is 5.65. The molecule has 6 heteroatoms. The van der Waals surface area contributed by atoms with Crippen molar-refractivity contribution in [3.8, 4) is 0 Å². The van der Waals surface area contributed by atoms with Crippen LogP contribution < -0.4 is 5.56 Å². The van der Waals surface area contributed by atoms with Gasteiger partial charge in [-0.15, -0.1) is 0 Å². The van der Waals surface area contributed by atoms with Crippen LogP contribution >= 0.6 is 12.2 Å². The Hall–Kier alpha value is -1.43. The van der Waals surface area contributed by atoms with Gasteiger partial charge >= 0.3 is 0 Å². The summed E-state index contributed by atoms with van der Waals surface area (Å²) in [7, 11) is 0. The van der Waals surface area contributed by atoms with E-state index < -0.39 is 0 Å². The molecule has 0 amide bonds. The van der Waals surface area contributed by atoms with Crippen LogP contribution in [0.15, 0.2) is 9.95 Å². The Bertz CT molecular complexity index is 418. The van der Waals surface area contributed by atoms with Gasteiger partial charge in [-0.05, 0) is 19.1 Å². The Morgan fingerprint density at radius 3 is 2.83 bits per heavy atom. The van der Waals surface area contributed by atoms with Gasteiger partial charge in [-0.25, -0.2) is 0 Å². The van der Waals surface area contributed by atoms with E-state index in [2.05, 4.69) is 15.1 Å². The number of hydrogen-bond acceptors (Lipinski definition) is 4. The summed E-state index contributed by atoms with van der Waals surface area (Å²) in [5.74, 6) is 0. The summed E-state index contributed by atoms with van der Waals surface area (Å²) in [5, 5.41) is 11.0. The minimum Gasteiger partial charge on any atom is -0.411 e. The lowest BCUT2D eigenvalue weighted by molar-refractivity contribution is 0.321. The molecule has 0 aromatic carbocycles. The molecule has 5 nitrogen and oxygen atoms in total. The molecule has 0 fully saturated rings. The average Bonchev–Trinajstić information content (AvgIpc) is 2.00. The van der Waals surface area contributed by atoms with Crippen molar-refractivity contribution in [2.24, 2.45) is 5.16 Å². The van der Waals surface area contributed by atoms with Crippen LogP contribution in [0.1, 0.15) is 11.3 Å². The van der Waals surface area contributed by atoms with Crippen molar-refractivity contribution in [3.05, 3.63) is 26.4 Å². The fourth-order valence-electron chi connectivity index (χ4n) is 0.753. The molecule has 0 spiro atoms. The van der Waals surface area contributed by atoms with E-state index in [0.29, 0.717) is 11.3 Å². The maximum atomic E-state index is 11.0. The zero-order valence-electron chi connectivity index (χ0n) is 6.29. The Morgan fingerprint density at radius 2 is 2.25 bits per heavy atom. The van der Waals surface area contributed by atoms with Crippen LogP contribution in [0.4, 0.5) is 0 Å². The zero-order valence-corrected chi connectivity index (χ0v) is 7.10. The van der Waals surface area contributed by atoms with E-state index in [1.54, 1.807) is 6.92 Å². The van der Waals surface area contributed by atoms with Gasteiger partial charge in [0.1, 0.15) is 0 Å². The molecule has 0 aliphatic heterocycles. The topological polar surface area (TPSA) is 81.2 Å². The minimum atomic E-state index is -0.284. The molecular formula is C6H7N3O2S. The molecule has 0 saturated heterocycles. The van der Waals surface area contributed by atoms with Gasteiger partial charge in [0.25, 0.3) is 5.56 Å². The second kappa shape index (κ2) is 3.31. The molecule has 0 unspecified atom stereocenters. The molecule has 64 valence electrons. The van der Waals surface area contributed by atoms with Crippen molar-refractivity contribution in [1.29, 1.82) is 0 Å². The van der Waals surface area contributed by atoms with Gasteiger partial charge in [0, 0.05) is 5.56 Å². The van der Waals surface area contributed by atoms with Crippen molar-refractivity contribution >= 4 is 18.4 Å². The molecule has 0 atom stereocenters. The van der Waals surface area contributed by atoms with E-state index >= 15 is 0 Å². The first-order valence-corrected chi connectivity index (χ1v) is 3.56. The van der Waals surface area contributed by atoms with E-state index in [1.165, 1.54) is 0 Å². The molecule has 0 saturated carbocycles. The van der Waals surface area contributed by atoms with E-state index in [4.69, 9.17) is 17.4 Å². The van der Waals surface area contributed by atoms with E-state index in [1.807, 2.05) is 0 Å². The van der Waals surface area contributed by atoms with Gasteiger partial charge < -0.3 is 10.2 Å². The summed E-state index contributed by atoms with van der Waals surface area (Å²) < 4.78 is 0.209. The quantitative estimate of drug-likeness (QED) is 0.258. The number of oxime groups is 1. The lowest BCUT2D eigenvalue weighted by atomic mass is 10.3. The lowest BCUT2D eigenvalue weighted by Gasteiger charge is -1.96. The van der Waals surface area contributed by atoms with Crippen molar-refractivity contribution in [2.75, 3.05) is 0 Å². The number of hydrogen-bond donors (Lipinski definition) is 3. The molecule has 3 N–H and O–H groups in total. The number of nitrogens with zero attached hydrogens (tertiary/aromatic N) is 1. The molecule has 0 aliphatic carbocycles. The van der Waals surface area contributed by atoms with Crippen LogP contribution in [-0.2, 0) is 0 Å². The molecule has 1 aromatic rings. The second-order valence-electron chi connectivity index (χ2n) is 2.19. The van der Waals surface area contributed by atoms with Crippen LogP contribution in [0, 0.1) is 11.7 Å². The van der Waals surface area contributed by atoms with Gasteiger partial charge in [0.05, 0.1) is 11.9 Å². The Labute approximate surface area is 72.8 Å². The van der Waals surface area contributed by atoms with Gasteiger partial charge in [0.15, 0.2) is 4.77 Å². The van der Waals surface area contributed by atoms with Crippen molar-refractivity contribution < 1.29 is 5.21 Å². The standard InChI is InChI=1S/C6H7N3O2S/c1-3-4(2-7-11)8-6(12)9-5(3)10/h2,11H,1H3,(H2,8,9,10,12)/b7-2+. The van der Waals surface area contributed by atoms with Crippen molar-refractivity contribution in [2.45, 2.75) is 6.92 Å². The van der Waals surface area contributed by atoms with Crippen LogP contribution in [0.5, 0.6) is 0 Å². The first-order valence-electron chi connectivity index (χ1n) is 3.16. The lowest BCUT2D eigenvalue weighted by Crippen LogP contribution is -2.14. The largest absolute Gasteiger partial charge is 0.411 e. The smallest absolute Gasteiger partial charge is 0.255 e. The monoisotopic (exact) mass is 185 g/mol. The maximum Gasteiger partial charge on any atom is 0.255 e. The first kappa shape index (κ1) is 8.66. The van der Waals surface area contributed by atoms with Crippen LogP contribution in [0.25, 0.3) is 0 Å². The van der Waals surface area contributed by atoms with E-state index in [-0.39, 0.29) is 10.3 Å². The van der Waals surface area contributed by atoms with E-state index in [9.17, 15) is 4.79 Å². The predicted molar refractivity (Wildman–Crippen MR) is 46.4 cm³/mol. The zero-order chi connectivity index (χ0) is 9.14. The number of aromatic amines is 2. The number of H-pyrrole nitrogens is 2. The molecule has 0 bridgehead atoms. The Balaban J connectivity index is 3.48. The fraction of sp³-hybridized carbons (Fsp3) is 0.167. The normalized spacial score (nSPS) is 10.8. The molecule has 0 radical (unpaired) electrons. The molecular weight excluding hydrogens is 178 g/mol. The Kier molecular flexibility index (Phi) is 2.39. The number of rotatable bonds is 1. The van der Waals surface area contributed by atoms with Gasteiger partial charge in [-0.1, -0.05) is 5.16 Å². The summed E-state index contributed by atoms with van der Waals surface area (Å²) in [5.41, 5.74) is 0.557. The molecule has 1 heterocycles. The van der Waals surface area contributed by atoms with Crippen molar-refractivity contribution in [3.63, 3.8) is 0 Å². The fourth-order valence-corrected chi connectivity index (χ4v) is 0.956. The third-order valence-corrected chi connectivity index (χ3v) is 1.61. The molecule has 12 heavy (non-hydrogen) atoms. The summed E-state index contributed by atoms with van der Waals surface area (Å²) >= 11 is 4.71. The average molecular weight is 185 g/mol. The molecule has 1 aromatic heterocycles. The molecule has 0 aliphatic rings. The van der Waals surface area contributed by atoms with Gasteiger partial charge in [0.2, 0.25) is 0 Å². The summed E-state index contributed by atoms with van der Waals surface area (Å²) in [6, 6.07) is 0. The summed E-state index contributed by atoms with van der Waals surface area (Å²) in [6.45, 7) is 1.60. The highest BCUT2D eigenvalue weighted by Gasteiger charge is 1.99. The maximum absolute atomic E-state index is 11.0. The minimum absolute atomic E-state index is 0.209. The third kappa shape index (κ3) is 1.59. The van der Waals surface area contributed by atoms with Gasteiger partial charge in [-0.3, -0.25) is 9.78 Å². The highest BCUT2D eigenvalue weighted by Crippen LogP contribution is 1.92. The number of aromatic nitrogens is 2. The highest BCUT2D eigenvalue weighted by atomic mass is 32.1. The van der Waals surface area contributed by atoms with Crippen LogP contribution in [-0.4, -0.2) is 21.4 Å². The third-order valence-electron chi connectivity index (χ3n) is 1.41. The molecule has 1 rings (SSSR count). The number of nitrogens with one attached hydrogen (secondary N) is 2. The van der Waals surface area contributed by atoms with E-state index in [0.717, 1.165) is 6.21 Å². The van der Waals surface area contributed by atoms with Gasteiger partial charge in [-0.2, -0.15) is 0 Å². The van der Waals surface area contributed by atoms with Crippen LogP contribution in [0.2, 0.25) is 0 Å². The van der Waals surface area contributed by atoms with Crippen molar-refractivity contribution in [1.82, 2.24) is 9.97 Å². The summed E-state index contributed by atoms with van der Waals surface area (Å²) in [6.07, 6.45) is 1.13. The summed E-state index contributed by atoms with van der Waals surface area (Å²) in [4.78, 5) is 16.1. The second-order valence-corrected chi connectivity index (χ2v) is 2.60.